The third-order valence-electron chi connectivity index (χ3n) is 32.3. The number of nitrogens with zero attached hydrogens (tertiary/aromatic N) is 2. The van der Waals surface area contributed by atoms with Crippen LogP contribution < -0.4 is 14.0 Å². The second kappa shape index (κ2) is 34.3. The molecule has 0 bridgehead atoms. The van der Waals surface area contributed by atoms with Gasteiger partial charge in [0, 0.05) is 45.0 Å². The Bertz CT molecular complexity index is 10300. The van der Waals surface area contributed by atoms with E-state index in [0.717, 1.165) is 78.6 Å². The van der Waals surface area contributed by atoms with E-state index in [9.17, 15) is 21.6 Å². The average molecular weight is 1950 g/mol. The highest BCUT2D eigenvalue weighted by molar-refractivity contribution is 7.88. The standard InChI is InChI=1S/C79H52N2.C41H27F3O3S.C21H16/c1-79(2)77-47-73-67-37-35-61(80(57-31-27-49-15-3-7-19-53(49)39-57)58-32-28-50-16-4-8-20-54(50)40-58)43-69(67)63-23-11-13-25-65(63)71(73)45-75(77)76-46-72-66-26-14-12-24-64(66)70-44-62(36-38-68(70)74(72)48-78(76)79)81(59-33-29-51-17-5-9-21-55(51)41-59)60-34-30-52-18-6-10-22-56(52)42-60;1-22-12-14-28-30(16-22)24-8-4-6-10-26(24)32-18-36-37-19-33-27-11-7-5-9-25(27)31-17-23(47-48(45,46)41(42,43)44)13-15-29(31)35(33)21-39(37)40(2,3)38(36)20-34(28)32;1-3-7-20-14-16(9-11-18(20)5-1)13-17-10-12-19-6-2-4-8-21(19)15-17/h3-48H,1-2H3;4-21H,1-3H3;1-12,14-15H,13H2. The smallest absolute Gasteiger partial charge is 0.376 e. The van der Waals surface area contributed by atoms with Crippen molar-refractivity contribution in [3.63, 3.8) is 0 Å². The van der Waals surface area contributed by atoms with E-state index in [2.05, 4.69) is 479 Å². The van der Waals surface area contributed by atoms with Crippen LogP contribution in [0.4, 0.5) is 47.3 Å². The largest absolute Gasteiger partial charge is 0.534 e. The summed E-state index contributed by atoms with van der Waals surface area (Å²) in [6.45, 7) is 11.5. The lowest BCUT2D eigenvalue weighted by Crippen LogP contribution is -2.28. The highest BCUT2D eigenvalue weighted by Crippen LogP contribution is 2.58. The predicted octanol–water partition coefficient (Wildman–Crippen LogP) is 39.5. The number of anilines is 6. The molecule has 0 saturated carbocycles. The van der Waals surface area contributed by atoms with Gasteiger partial charge in [-0.2, -0.15) is 21.6 Å². The number of aryl methyl sites for hydroxylation is 1. The van der Waals surface area contributed by atoms with Crippen LogP contribution in [0, 0.1) is 6.92 Å². The van der Waals surface area contributed by atoms with Gasteiger partial charge in [0.1, 0.15) is 5.75 Å². The molecule has 0 radical (unpaired) electrons. The number of rotatable bonds is 10. The van der Waals surface area contributed by atoms with Gasteiger partial charge in [0.05, 0.1) is 0 Å². The molecule has 714 valence electrons. The first kappa shape index (κ1) is 89.6. The van der Waals surface area contributed by atoms with Crippen molar-refractivity contribution in [1.29, 1.82) is 0 Å². The number of fused-ring (bicyclic) bond motifs is 36. The summed E-state index contributed by atoms with van der Waals surface area (Å²) < 4.78 is 67.7. The molecule has 9 heteroatoms. The lowest BCUT2D eigenvalue weighted by molar-refractivity contribution is -0.0500. The van der Waals surface area contributed by atoms with Crippen LogP contribution in [-0.2, 0) is 27.4 Å². The van der Waals surface area contributed by atoms with Crippen molar-refractivity contribution in [1.82, 2.24) is 0 Å². The Morgan fingerprint density at radius 3 is 0.720 bits per heavy atom. The molecule has 28 aromatic rings. The summed E-state index contributed by atoms with van der Waals surface area (Å²) in [5, 5.41) is 42.6. The summed E-state index contributed by atoms with van der Waals surface area (Å²) in [6, 6.07) is 172. The van der Waals surface area contributed by atoms with Gasteiger partial charge in [-0.25, -0.2) is 0 Å². The third-order valence-corrected chi connectivity index (χ3v) is 33.3. The molecule has 0 aliphatic heterocycles. The molecule has 150 heavy (non-hydrogen) atoms. The fourth-order valence-corrected chi connectivity index (χ4v) is 25.4. The Kier molecular flexibility index (Phi) is 20.5. The molecule has 5 nitrogen and oxygen atoms in total. The maximum Gasteiger partial charge on any atom is 0.534 e. The van der Waals surface area contributed by atoms with E-state index in [0.29, 0.717) is 5.39 Å². The predicted molar refractivity (Wildman–Crippen MR) is 629 cm³/mol. The van der Waals surface area contributed by atoms with Crippen LogP contribution in [0.5, 0.6) is 5.75 Å². The first-order valence-electron chi connectivity index (χ1n) is 51.3. The molecule has 2 aliphatic carbocycles. The van der Waals surface area contributed by atoms with E-state index in [1.807, 2.05) is 24.3 Å². The Balaban J connectivity index is 0.000000131. The van der Waals surface area contributed by atoms with Crippen molar-refractivity contribution in [3.05, 3.63) is 512 Å². The quantitative estimate of drug-likeness (QED) is 0.0776. The molecule has 0 saturated heterocycles. The van der Waals surface area contributed by atoms with Gasteiger partial charge in [-0.3, -0.25) is 0 Å². The SMILES string of the molecule is CC1(C)c2cc3c4ccc(N(c5ccc6ccccc6c5)c5ccc6ccccc6c5)cc4c4ccccc4c3cc2-c2cc3c4ccccc4c4cc(N(c5ccc6ccccc6c5)c5ccc6ccccc6c5)ccc4c3cc21.Cc1ccc2c(c1)c1ccccc1c1cc3c(cc21)C(C)(C)c1cc2c4ccc(OS(=O)(=O)C(F)(F)F)cc4c4ccccc4c2cc1-3.c1ccc2cc(Cc3ccc4ccccc4c3)ccc2c1. The first-order chi connectivity index (χ1) is 73.1. The van der Waals surface area contributed by atoms with Crippen molar-refractivity contribution in [2.75, 3.05) is 9.80 Å². The number of hydrogen-bond acceptors (Lipinski definition) is 5. The fourth-order valence-electron chi connectivity index (χ4n) is 24.9. The maximum absolute atomic E-state index is 13.2. The number of benzene rings is 28. The van der Waals surface area contributed by atoms with Gasteiger partial charge in [0.15, 0.2) is 0 Å². The van der Waals surface area contributed by atoms with E-state index >= 15 is 0 Å². The molecule has 28 aromatic carbocycles. The Labute approximate surface area is 864 Å². The number of halogens is 3. The molecular weight excluding hydrogens is 1860 g/mol. The van der Waals surface area contributed by atoms with Gasteiger partial charge in [-0.15, -0.1) is 0 Å². The zero-order valence-corrected chi connectivity index (χ0v) is 83.7. The monoisotopic (exact) mass is 1950 g/mol. The van der Waals surface area contributed by atoms with E-state index in [-0.39, 0.29) is 16.6 Å². The summed E-state index contributed by atoms with van der Waals surface area (Å²) in [5.41, 5.74) is 14.7. The van der Waals surface area contributed by atoms with Crippen LogP contribution >= 0.6 is 0 Å². The van der Waals surface area contributed by atoms with Crippen molar-refractivity contribution in [2.45, 2.75) is 57.4 Å². The molecular formula is C141H95F3N2O3S. The van der Waals surface area contributed by atoms with E-state index in [4.69, 9.17) is 0 Å². The molecule has 2 aliphatic rings. The minimum Gasteiger partial charge on any atom is -0.376 e. The molecule has 0 fully saturated rings. The maximum atomic E-state index is 13.2. The van der Waals surface area contributed by atoms with Gasteiger partial charge in [0.25, 0.3) is 0 Å². The minimum absolute atomic E-state index is 0.269. The first-order valence-corrected chi connectivity index (χ1v) is 52.7. The average Bonchev–Trinajstić information content (AvgIpc) is 1.51. The molecule has 0 amide bonds. The van der Waals surface area contributed by atoms with Crippen LogP contribution in [0.15, 0.2) is 473 Å². The fraction of sp³-hybridized carbons (Fsp3) is 0.0638. The lowest BCUT2D eigenvalue weighted by atomic mass is 9.80. The molecule has 30 rings (SSSR count). The summed E-state index contributed by atoms with van der Waals surface area (Å²) in [7, 11) is -5.82. The third kappa shape index (κ3) is 14.7. The van der Waals surface area contributed by atoms with E-state index < -0.39 is 15.6 Å². The Hall–Kier alpha value is -18.0. The second-order valence-electron chi connectivity index (χ2n) is 41.7. The van der Waals surface area contributed by atoms with Gasteiger partial charge >= 0.3 is 15.6 Å². The van der Waals surface area contributed by atoms with Crippen molar-refractivity contribution < 1.29 is 25.8 Å². The zero-order chi connectivity index (χ0) is 101. The summed E-state index contributed by atoms with van der Waals surface area (Å²) in [5.74, 6) is -0.389. The number of hydrogen-bond donors (Lipinski definition) is 0. The van der Waals surface area contributed by atoms with Crippen LogP contribution in [-0.4, -0.2) is 13.9 Å². The Morgan fingerprint density at radius 2 is 0.427 bits per heavy atom. The van der Waals surface area contributed by atoms with Crippen LogP contribution in [0.3, 0.4) is 0 Å². The van der Waals surface area contributed by atoms with E-state index in [1.54, 1.807) is 6.07 Å². The number of alkyl halides is 3. The molecule has 0 atom stereocenters. The zero-order valence-electron chi connectivity index (χ0n) is 82.9. The molecule has 0 spiro atoms. The molecule has 0 unspecified atom stereocenters. The molecule has 0 heterocycles. The van der Waals surface area contributed by atoms with Crippen LogP contribution in [0.25, 0.3) is 216 Å². The summed E-state index contributed by atoms with van der Waals surface area (Å²) >= 11 is 0. The highest BCUT2D eigenvalue weighted by Gasteiger charge is 2.49. The van der Waals surface area contributed by atoms with Crippen molar-refractivity contribution in [2.24, 2.45) is 0 Å². The van der Waals surface area contributed by atoms with Crippen molar-refractivity contribution in [3.8, 4) is 28.0 Å². The van der Waals surface area contributed by atoms with Gasteiger partial charge < -0.3 is 14.0 Å². The minimum atomic E-state index is -5.82. The lowest BCUT2D eigenvalue weighted by Gasteiger charge is -2.27. The van der Waals surface area contributed by atoms with Crippen LogP contribution in [0.1, 0.15) is 66.6 Å². The van der Waals surface area contributed by atoms with Gasteiger partial charge in [-0.05, 0) is 402 Å². The molecule has 0 aromatic heterocycles. The Morgan fingerprint density at radius 1 is 0.213 bits per heavy atom. The van der Waals surface area contributed by atoms with E-state index in [1.165, 1.54) is 224 Å². The summed E-state index contributed by atoms with van der Waals surface area (Å²) in [4.78, 5) is 4.87. The summed E-state index contributed by atoms with van der Waals surface area (Å²) in [6.07, 6.45) is 0.982. The second-order valence-corrected chi connectivity index (χ2v) is 43.3. The van der Waals surface area contributed by atoms with Crippen molar-refractivity contribution >= 4 is 238 Å². The van der Waals surface area contributed by atoms with Gasteiger partial charge in [0.2, 0.25) is 0 Å². The van der Waals surface area contributed by atoms with Crippen LogP contribution in [0.2, 0.25) is 0 Å². The van der Waals surface area contributed by atoms with Gasteiger partial charge in [-0.1, -0.05) is 367 Å². The highest BCUT2D eigenvalue weighted by atomic mass is 32.2. The normalized spacial score (nSPS) is 13.1. The topological polar surface area (TPSA) is 49.9 Å². The molecule has 0 N–H and O–H groups in total.